The number of aryl methyl sites for hydroxylation is 1. The summed E-state index contributed by atoms with van der Waals surface area (Å²) in [5.41, 5.74) is 4.68. The number of carbonyl (C=O) groups is 1. The second-order valence-corrected chi connectivity index (χ2v) is 8.15. The molecule has 1 aromatic carbocycles. The quantitative estimate of drug-likeness (QED) is 0.662. The zero-order valence-corrected chi connectivity index (χ0v) is 18.3. The lowest BCUT2D eigenvalue weighted by molar-refractivity contribution is 0.0949. The number of morpholine rings is 1. The van der Waals surface area contributed by atoms with Gasteiger partial charge in [-0.25, -0.2) is 9.67 Å². The Kier molecular flexibility index (Phi) is 6.32. The van der Waals surface area contributed by atoms with Crippen LogP contribution in [0.1, 0.15) is 46.9 Å². The van der Waals surface area contributed by atoms with Gasteiger partial charge in [-0.3, -0.25) is 4.79 Å². The number of nitrogens with zero attached hydrogens (tertiary/aromatic N) is 4. The molecular formula is C24H29N5O2. The number of nitrogens with one attached hydrogen (secondary N) is 1. The number of ether oxygens (including phenoxy) is 1. The van der Waals surface area contributed by atoms with Crippen molar-refractivity contribution in [3.63, 3.8) is 0 Å². The Labute approximate surface area is 183 Å². The molecule has 4 rings (SSSR count). The van der Waals surface area contributed by atoms with Crippen LogP contribution in [-0.4, -0.2) is 47.0 Å². The van der Waals surface area contributed by atoms with Crippen molar-refractivity contribution in [3.8, 4) is 5.69 Å². The summed E-state index contributed by atoms with van der Waals surface area (Å²) in [4.78, 5) is 19.7. The predicted octanol–water partition coefficient (Wildman–Crippen LogP) is 3.47. The summed E-state index contributed by atoms with van der Waals surface area (Å²) in [6.07, 6.45) is 3.46. The van der Waals surface area contributed by atoms with Crippen LogP contribution in [0.25, 0.3) is 5.69 Å². The molecule has 0 aliphatic carbocycles. The monoisotopic (exact) mass is 419 g/mol. The molecule has 1 amide bonds. The standard InChI is InChI=1S/C24H29N5O2/c1-17(2)23-21(16-27-29(23)20-6-4-18(3)5-7-20)24(30)26-15-19-8-9-25-22(14-19)28-10-12-31-13-11-28/h4-9,14,16-17H,10-13,15H2,1-3H3,(H,26,30). The molecule has 0 radical (unpaired) electrons. The van der Waals surface area contributed by atoms with Crippen LogP contribution in [0.2, 0.25) is 0 Å². The number of amides is 1. The van der Waals surface area contributed by atoms with E-state index in [1.807, 2.05) is 28.9 Å². The van der Waals surface area contributed by atoms with Crippen LogP contribution >= 0.6 is 0 Å². The second kappa shape index (κ2) is 9.31. The van der Waals surface area contributed by atoms with Gasteiger partial charge in [-0.1, -0.05) is 31.5 Å². The third-order valence-electron chi connectivity index (χ3n) is 5.47. The van der Waals surface area contributed by atoms with Crippen molar-refractivity contribution in [1.29, 1.82) is 0 Å². The molecule has 0 atom stereocenters. The molecule has 2 aromatic heterocycles. The first-order valence-corrected chi connectivity index (χ1v) is 10.7. The highest BCUT2D eigenvalue weighted by Crippen LogP contribution is 2.23. The summed E-state index contributed by atoms with van der Waals surface area (Å²) < 4.78 is 7.28. The molecule has 1 fully saturated rings. The molecule has 162 valence electrons. The molecule has 31 heavy (non-hydrogen) atoms. The Morgan fingerprint density at radius 2 is 1.90 bits per heavy atom. The van der Waals surface area contributed by atoms with Crippen molar-refractivity contribution in [3.05, 3.63) is 71.2 Å². The Hall–Kier alpha value is -3.19. The molecular weight excluding hydrogens is 390 g/mol. The van der Waals surface area contributed by atoms with Gasteiger partial charge in [0.1, 0.15) is 5.82 Å². The van der Waals surface area contributed by atoms with E-state index in [-0.39, 0.29) is 11.8 Å². The molecule has 0 spiro atoms. The number of benzene rings is 1. The van der Waals surface area contributed by atoms with Gasteiger partial charge in [0, 0.05) is 25.8 Å². The fraction of sp³-hybridized carbons (Fsp3) is 0.375. The maximum atomic E-state index is 13.0. The van der Waals surface area contributed by atoms with E-state index in [1.165, 1.54) is 5.56 Å². The zero-order valence-electron chi connectivity index (χ0n) is 18.3. The van der Waals surface area contributed by atoms with Gasteiger partial charge in [-0.05, 0) is 42.7 Å². The molecule has 1 aliphatic rings. The minimum absolute atomic E-state index is 0.119. The molecule has 0 unspecified atom stereocenters. The number of hydrogen-bond acceptors (Lipinski definition) is 5. The fourth-order valence-electron chi connectivity index (χ4n) is 3.79. The first-order chi connectivity index (χ1) is 15.0. The lowest BCUT2D eigenvalue weighted by Crippen LogP contribution is -2.36. The Morgan fingerprint density at radius 1 is 1.16 bits per heavy atom. The van der Waals surface area contributed by atoms with Crippen LogP contribution in [0.4, 0.5) is 5.82 Å². The number of hydrogen-bond donors (Lipinski definition) is 1. The van der Waals surface area contributed by atoms with E-state index in [1.54, 1.807) is 12.4 Å². The Morgan fingerprint density at radius 3 is 2.61 bits per heavy atom. The maximum absolute atomic E-state index is 13.0. The highest BCUT2D eigenvalue weighted by molar-refractivity contribution is 5.95. The van der Waals surface area contributed by atoms with Gasteiger partial charge in [0.2, 0.25) is 0 Å². The number of aromatic nitrogens is 3. The summed E-state index contributed by atoms with van der Waals surface area (Å²) in [5, 5.41) is 7.57. The Bertz CT molecular complexity index is 1040. The molecule has 7 nitrogen and oxygen atoms in total. The van der Waals surface area contributed by atoms with Crippen LogP contribution in [-0.2, 0) is 11.3 Å². The first-order valence-electron chi connectivity index (χ1n) is 10.7. The van der Waals surface area contributed by atoms with Crippen molar-refractivity contribution in [2.45, 2.75) is 33.2 Å². The summed E-state index contributed by atoms with van der Waals surface area (Å²) in [6.45, 7) is 9.74. The fourth-order valence-corrected chi connectivity index (χ4v) is 3.79. The lowest BCUT2D eigenvalue weighted by Gasteiger charge is -2.28. The van der Waals surface area contributed by atoms with Gasteiger partial charge in [0.05, 0.1) is 36.4 Å². The van der Waals surface area contributed by atoms with Gasteiger partial charge >= 0.3 is 0 Å². The molecule has 3 aromatic rings. The van der Waals surface area contributed by atoms with E-state index >= 15 is 0 Å². The van der Waals surface area contributed by atoms with Crippen molar-refractivity contribution in [2.24, 2.45) is 0 Å². The molecule has 1 N–H and O–H groups in total. The van der Waals surface area contributed by atoms with E-state index in [2.05, 4.69) is 53.2 Å². The molecule has 0 saturated carbocycles. The van der Waals surface area contributed by atoms with E-state index < -0.39 is 0 Å². The summed E-state index contributed by atoms with van der Waals surface area (Å²) in [7, 11) is 0. The average molecular weight is 420 g/mol. The van der Waals surface area contributed by atoms with Crippen LogP contribution in [0, 0.1) is 6.92 Å². The number of anilines is 1. The van der Waals surface area contributed by atoms with Crippen molar-refractivity contribution in [2.75, 3.05) is 31.2 Å². The normalized spacial score (nSPS) is 14.1. The molecule has 1 saturated heterocycles. The summed E-state index contributed by atoms with van der Waals surface area (Å²) >= 11 is 0. The van der Waals surface area contributed by atoms with Crippen LogP contribution in [0.3, 0.4) is 0 Å². The minimum atomic E-state index is -0.119. The topological polar surface area (TPSA) is 72.3 Å². The van der Waals surface area contributed by atoms with Gasteiger partial charge in [-0.2, -0.15) is 5.10 Å². The third kappa shape index (κ3) is 4.77. The Balaban J connectivity index is 1.49. The van der Waals surface area contributed by atoms with Crippen molar-refractivity contribution >= 4 is 11.7 Å². The largest absolute Gasteiger partial charge is 0.378 e. The SMILES string of the molecule is Cc1ccc(-n2ncc(C(=O)NCc3ccnc(N4CCOCC4)c3)c2C(C)C)cc1. The average Bonchev–Trinajstić information content (AvgIpc) is 3.24. The first kappa shape index (κ1) is 21.1. The zero-order chi connectivity index (χ0) is 21.8. The summed E-state index contributed by atoms with van der Waals surface area (Å²) in [6, 6.07) is 12.1. The maximum Gasteiger partial charge on any atom is 0.255 e. The van der Waals surface area contributed by atoms with E-state index in [4.69, 9.17) is 4.74 Å². The molecule has 3 heterocycles. The van der Waals surface area contributed by atoms with E-state index in [0.29, 0.717) is 25.3 Å². The van der Waals surface area contributed by atoms with E-state index in [9.17, 15) is 4.79 Å². The van der Waals surface area contributed by atoms with Gasteiger partial charge in [-0.15, -0.1) is 0 Å². The molecule has 0 bridgehead atoms. The highest BCUT2D eigenvalue weighted by Gasteiger charge is 2.21. The second-order valence-electron chi connectivity index (χ2n) is 8.15. The molecule has 1 aliphatic heterocycles. The van der Waals surface area contributed by atoms with Crippen molar-refractivity contribution < 1.29 is 9.53 Å². The number of pyridine rings is 1. The number of carbonyl (C=O) groups excluding carboxylic acids is 1. The predicted molar refractivity (Wildman–Crippen MR) is 121 cm³/mol. The van der Waals surface area contributed by atoms with Gasteiger partial charge < -0.3 is 15.0 Å². The summed E-state index contributed by atoms with van der Waals surface area (Å²) in [5.74, 6) is 0.954. The highest BCUT2D eigenvalue weighted by atomic mass is 16.5. The van der Waals surface area contributed by atoms with Crippen LogP contribution in [0.5, 0.6) is 0 Å². The van der Waals surface area contributed by atoms with E-state index in [0.717, 1.165) is 35.9 Å². The van der Waals surface area contributed by atoms with Gasteiger partial charge in [0.25, 0.3) is 5.91 Å². The third-order valence-corrected chi connectivity index (χ3v) is 5.47. The van der Waals surface area contributed by atoms with Crippen molar-refractivity contribution in [1.82, 2.24) is 20.1 Å². The van der Waals surface area contributed by atoms with Crippen LogP contribution < -0.4 is 10.2 Å². The van der Waals surface area contributed by atoms with Gasteiger partial charge in [0.15, 0.2) is 0 Å². The number of rotatable bonds is 6. The lowest BCUT2D eigenvalue weighted by atomic mass is 10.0. The smallest absolute Gasteiger partial charge is 0.255 e. The minimum Gasteiger partial charge on any atom is -0.378 e. The molecule has 7 heteroatoms. The van der Waals surface area contributed by atoms with Crippen LogP contribution in [0.15, 0.2) is 48.8 Å².